The summed E-state index contributed by atoms with van der Waals surface area (Å²) in [5, 5.41) is 17.1. The number of Topliss-reactive ketones (excluding diaryl/α,β-unsaturated/α-hetero) is 1. The number of nitrogens with one attached hydrogen (secondary N) is 2. The number of esters is 1. The minimum absolute atomic E-state index is 0.0895. The Morgan fingerprint density at radius 1 is 1.11 bits per heavy atom. The van der Waals surface area contributed by atoms with E-state index in [-0.39, 0.29) is 16.4 Å². The van der Waals surface area contributed by atoms with Crippen molar-refractivity contribution in [1.29, 1.82) is 0 Å². The van der Waals surface area contributed by atoms with Gasteiger partial charge in [-0.3, -0.25) is 14.9 Å². The van der Waals surface area contributed by atoms with Crippen LogP contribution in [0.5, 0.6) is 0 Å². The molecule has 8 nitrogen and oxygen atoms in total. The van der Waals surface area contributed by atoms with Crippen LogP contribution in [0.2, 0.25) is 0 Å². The highest BCUT2D eigenvalue weighted by atomic mass is 32.1. The van der Waals surface area contributed by atoms with Gasteiger partial charge in [0.05, 0.1) is 29.3 Å². The monoisotopic (exact) mass is 397 g/mol. The lowest BCUT2D eigenvalue weighted by Crippen LogP contribution is -2.46. The first kappa shape index (κ1) is 19.2. The maximum absolute atomic E-state index is 12.8. The van der Waals surface area contributed by atoms with Crippen molar-refractivity contribution in [3.05, 3.63) is 81.4 Å². The van der Waals surface area contributed by atoms with E-state index in [0.29, 0.717) is 16.8 Å². The molecule has 0 radical (unpaired) electrons. The molecule has 1 heterocycles. The molecule has 1 aliphatic heterocycles. The van der Waals surface area contributed by atoms with Gasteiger partial charge in [-0.1, -0.05) is 30.3 Å². The lowest BCUT2D eigenvalue weighted by atomic mass is 9.90. The highest BCUT2D eigenvalue weighted by Crippen LogP contribution is 2.32. The first-order valence-electron chi connectivity index (χ1n) is 8.16. The minimum Gasteiger partial charge on any atom is -0.463 e. The fraction of sp³-hybridized carbons (Fsp3) is 0.105. The van der Waals surface area contributed by atoms with Gasteiger partial charge in [0.2, 0.25) is 0 Å². The van der Waals surface area contributed by atoms with E-state index in [1.54, 1.807) is 24.3 Å². The Morgan fingerprint density at radius 3 is 2.32 bits per heavy atom. The molecule has 0 bridgehead atoms. The largest absolute Gasteiger partial charge is 0.463 e. The number of carbonyl (C=O) groups is 2. The third kappa shape index (κ3) is 3.74. The Morgan fingerprint density at radius 2 is 1.75 bits per heavy atom. The smallest absolute Gasteiger partial charge is 0.379 e. The summed E-state index contributed by atoms with van der Waals surface area (Å²) in [7, 11) is 1.12. The summed E-state index contributed by atoms with van der Waals surface area (Å²) in [6, 6.07) is 13.8. The molecule has 0 spiro atoms. The topological polar surface area (TPSA) is 111 Å². The van der Waals surface area contributed by atoms with Crippen molar-refractivity contribution in [2.24, 2.45) is 0 Å². The van der Waals surface area contributed by atoms with Crippen molar-refractivity contribution >= 4 is 40.5 Å². The van der Waals surface area contributed by atoms with Crippen molar-refractivity contribution in [2.75, 3.05) is 7.11 Å². The van der Waals surface area contributed by atoms with Crippen LogP contribution in [0, 0.1) is 10.1 Å². The summed E-state index contributed by atoms with van der Waals surface area (Å²) in [5.74, 6) is -1.86. The number of carbonyl (C=O) groups excluding carboxylic acids is 2. The zero-order valence-corrected chi connectivity index (χ0v) is 15.5. The summed E-state index contributed by atoms with van der Waals surface area (Å²) in [6.45, 7) is 0. The van der Waals surface area contributed by atoms with Crippen LogP contribution in [-0.2, 0) is 14.3 Å². The average Bonchev–Trinajstić information content (AvgIpc) is 2.72. The second-order valence-corrected chi connectivity index (χ2v) is 6.26. The number of hydrogen-bond acceptors (Lipinski definition) is 6. The second-order valence-electron chi connectivity index (χ2n) is 5.86. The molecular formula is C19H15N3O5S. The molecule has 0 aliphatic carbocycles. The van der Waals surface area contributed by atoms with E-state index in [1.807, 2.05) is 6.07 Å². The third-order valence-corrected chi connectivity index (χ3v) is 4.41. The minimum atomic E-state index is -1.02. The molecule has 0 saturated heterocycles. The van der Waals surface area contributed by atoms with Crippen LogP contribution in [-0.4, -0.2) is 28.9 Å². The SMILES string of the molecule is COC(=O)C(=O)C1=C(c2ccccc2)NC(=S)N[C@@H]1c1ccc([N+](=O)[O-])cc1. The number of nitrogens with zero attached hydrogens (tertiary/aromatic N) is 1. The molecule has 9 heteroatoms. The van der Waals surface area contributed by atoms with Crippen molar-refractivity contribution < 1.29 is 19.2 Å². The quantitative estimate of drug-likeness (QED) is 0.260. The number of benzene rings is 2. The molecule has 3 rings (SSSR count). The lowest BCUT2D eigenvalue weighted by molar-refractivity contribution is -0.384. The Bertz CT molecular complexity index is 986. The van der Waals surface area contributed by atoms with Gasteiger partial charge < -0.3 is 15.4 Å². The van der Waals surface area contributed by atoms with Gasteiger partial charge in [-0.15, -0.1) is 0 Å². The normalized spacial score (nSPS) is 16.0. The second kappa shape index (κ2) is 7.97. The van der Waals surface area contributed by atoms with Gasteiger partial charge in [0.1, 0.15) is 0 Å². The molecule has 2 aromatic carbocycles. The number of methoxy groups -OCH3 is 1. The van der Waals surface area contributed by atoms with E-state index in [2.05, 4.69) is 15.4 Å². The standard InChI is InChI=1S/C19H15N3O5S/c1-27-18(24)17(23)14-15(11-5-3-2-4-6-11)20-19(28)21-16(14)12-7-9-13(10-8-12)22(25)26/h2-10,16H,1H3,(H2,20,21,28)/t16-/m1/s1. The first-order valence-corrected chi connectivity index (χ1v) is 8.57. The van der Waals surface area contributed by atoms with Crippen LogP contribution < -0.4 is 10.6 Å². The summed E-state index contributed by atoms with van der Waals surface area (Å²) < 4.78 is 4.61. The van der Waals surface area contributed by atoms with Gasteiger partial charge in [-0.05, 0) is 35.5 Å². The predicted molar refractivity (Wildman–Crippen MR) is 105 cm³/mol. The van der Waals surface area contributed by atoms with E-state index in [1.165, 1.54) is 24.3 Å². The van der Waals surface area contributed by atoms with E-state index < -0.39 is 22.7 Å². The summed E-state index contributed by atoms with van der Waals surface area (Å²) in [6.07, 6.45) is 0. The molecule has 0 amide bonds. The zero-order valence-electron chi connectivity index (χ0n) is 14.7. The summed E-state index contributed by atoms with van der Waals surface area (Å²) in [5.41, 5.74) is 1.60. The number of thiocarbonyl (C=S) groups is 1. The van der Waals surface area contributed by atoms with Gasteiger partial charge in [0.15, 0.2) is 5.11 Å². The molecule has 142 valence electrons. The van der Waals surface area contributed by atoms with E-state index >= 15 is 0 Å². The van der Waals surface area contributed by atoms with Crippen molar-refractivity contribution in [2.45, 2.75) is 6.04 Å². The number of non-ortho nitro benzene ring substituents is 1. The Kier molecular flexibility index (Phi) is 5.46. The maximum atomic E-state index is 12.8. The van der Waals surface area contributed by atoms with Gasteiger partial charge in [0.25, 0.3) is 11.5 Å². The van der Waals surface area contributed by atoms with Crippen molar-refractivity contribution in [1.82, 2.24) is 10.6 Å². The first-order chi connectivity index (χ1) is 13.4. The molecule has 2 aromatic rings. The number of nitro benzene ring substituents is 1. The number of hydrogen-bond donors (Lipinski definition) is 2. The zero-order chi connectivity index (χ0) is 20.3. The molecule has 0 fully saturated rings. The van der Waals surface area contributed by atoms with Crippen LogP contribution in [0.4, 0.5) is 5.69 Å². The molecule has 1 atom stereocenters. The summed E-state index contributed by atoms with van der Waals surface area (Å²) >= 11 is 5.27. The number of ketones is 1. The van der Waals surface area contributed by atoms with Crippen LogP contribution in [0.3, 0.4) is 0 Å². The van der Waals surface area contributed by atoms with Crippen LogP contribution >= 0.6 is 12.2 Å². The lowest BCUT2D eigenvalue weighted by Gasteiger charge is -2.31. The van der Waals surface area contributed by atoms with Gasteiger partial charge in [-0.25, -0.2) is 4.79 Å². The van der Waals surface area contributed by atoms with Crippen molar-refractivity contribution in [3.63, 3.8) is 0 Å². The number of rotatable bonds is 5. The molecule has 1 aliphatic rings. The highest BCUT2D eigenvalue weighted by molar-refractivity contribution is 7.80. The molecular weight excluding hydrogens is 382 g/mol. The van der Waals surface area contributed by atoms with E-state index in [4.69, 9.17) is 12.2 Å². The van der Waals surface area contributed by atoms with Gasteiger partial charge in [-0.2, -0.15) is 0 Å². The fourth-order valence-corrected chi connectivity index (χ4v) is 3.10. The van der Waals surface area contributed by atoms with Gasteiger partial charge >= 0.3 is 5.97 Å². The predicted octanol–water partition coefficient (Wildman–Crippen LogP) is 2.27. The molecule has 2 N–H and O–H groups in total. The molecule has 0 saturated carbocycles. The third-order valence-electron chi connectivity index (χ3n) is 4.19. The molecule has 0 unspecified atom stereocenters. The maximum Gasteiger partial charge on any atom is 0.379 e. The highest BCUT2D eigenvalue weighted by Gasteiger charge is 2.35. The Hall–Kier alpha value is -3.59. The van der Waals surface area contributed by atoms with Crippen LogP contribution in [0.15, 0.2) is 60.2 Å². The number of nitro groups is 1. The fourth-order valence-electron chi connectivity index (χ4n) is 2.88. The van der Waals surface area contributed by atoms with E-state index in [9.17, 15) is 19.7 Å². The van der Waals surface area contributed by atoms with Crippen LogP contribution in [0.1, 0.15) is 17.2 Å². The molecule has 0 aromatic heterocycles. The Balaban J connectivity index is 2.18. The van der Waals surface area contributed by atoms with Crippen LogP contribution in [0.25, 0.3) is 5.70 Å². The average molecular weight is 397 g/mol. The van der Waals surface area contributed by atoms with Crippen molar-refractivity contribution in [3.8, 4) is 0 Å². The number of ether oxygens (including phenoxy) is 1. The Labute approximate surface area is 165 Å². The molecule has 28 heavy (non-hydrogen) atoms. The van der Waals surface area contributed by atoms with E-state index in [0.717, 1.165) is 7.11 Å². The summed E-state index contributed by atoms with van der Waals surface area (Å²) in [4.78, 5) is 35.2. The van der Waals surface area contributed by atoms with Gasteiger partial charge in [0, 0.05) is 12.1 Å².